The maximum absolute atomic E-state index is 12.9. The third-order valence-corrected chi connectivity index (χ3v) is 6.46. The predicted octanol–water partition coefficient (Wildman–Crippen LogP) is 1.42. The van der Waals surface area contributed by atoms with Crippen LogP contribution in [-0.2, 0) is 10.0 Å². The monoisotopic (exact) mass is 420 g/mol. The lowest BCUT2D eigenvalue weighted by Gasteiger charge is -2.32. The lowest BCUT2D eigenvalue weighted by molar-refractivity contribution is 0.0525. The maximum atomic E-state index is 12.9. The summed E-state index contributed by atoms with van der Waals surface area (Å²) in [6, 6.07) is 5.98. The summed E-state index contributed by atoms with van der Waals surface area (Å²) in [7, 11) is 0.910. The molecule has 1 unspecified atom stereocenters. The normalized spacial score (nSPS) is 17.2. The summed E-state index contributed by atoms with van der Waals surface area (Å²) in [4.78, 5) is 22.9. The number of carbonyl (C=O) groups is 1. The van der Waals surface area contributed by atoms with E-state index in [0.29, 0.717) is 30.4 Å². The lowest BCUT2D eigenvalue weighted by Crippen LogP contribution is -2.44. The summed E-state index contributed by atoms with van der Waals surface area (Å²) in [5.74, 6) is 0.546. The zero-order chi connectivity index (χ0) is 21.0. The van der Waals surface area contributed by atoms with Crippen molar-refractivity contribution in [3.05, 3.63) is 42.2 Å². The van der Waals surface area contributed by atoms with Crippen LogP contribution in [0.25, 0.3) is 0 Å². The Morgan fingerprint density at radius 1 is 1.17 bits per heavy atom. The molecule has 1 aromatic heterocycles. The first-order chi connectivity index (χ1) is 13.8. The molecule has 3 rings (SSSR count). The van der Waals surface area contributed by atoms with Gasteiger partial charge in [0.1, 0.15) is 6.10 Å². The molecule has 9 nitrogen and oxygen atoms in total. The number of rotatable bonds is 6. The van der Waals surface area contributed by atoms with Gasteiger partial charge in [-0.1, -0.05) is 0 Å². The van der Waals surface area contributed by atoms with Crippen LogP contribution in [0.15, 0.2) is 41.6 Å². The molecule has 0 aliphatic carbocycles. The van der Waals surface area contributed by atoms with Gasteiger partial charge in [0.2, 0.25) is 21.8 Å². The van der Waals surface area contributed by atoms with Gasteiger partial charge in [-0.15, -0.1) is 0 Å². The van der Waals surface area contributed by atoms with E-state index in [2.05, 4.69) is 9.97 Å². The van der Waals surface area contributed by atoms with Crippen molar-refractivity contribution >= 4 is 15.9 Å². The Bertz CT molecular complexity index is 963. The van der Waals surface area contributed by atoms with Gasteiger partial charge in [0.15, 0.2) is 0 Å². The summed E-state index contributed by atoms with van der Waals surface area (Å²) in [6.45, 7) is 1.02. The van der Waals surface area contributed by atoms with E-state index in [1.165, 1.54) is 57.9 Å². The molecule has 1 aromatic carbocycles. The highest BCUT2D eigenvalue weighted by Gasteiger charge is 2.26. The van der Waals surface area contributed by atoms with Crippen molar-refractivity contribution in [1.29, 1.82) is 0 Å². The van der Waals surface area contributed by atoms with Gasteiger partial charge in [-0.25, -0.2) is 12.7 Å². The molecule has 1 fully saturated rings. The number of amides is 1. The molecule has 0 radical (unpaired) electrons. The lowest BCUT2D eigenvalue weighted by atomic mass is 10.1. The van der Waals surface area contributed by atoms with Crippen molar-refractivity contribution in [2.45, 2.75) is 23.8 Å². The molecule has 29 heavy (non-hydrogen) atoms. The predicted molar refractivity (Wildman–Crippen MR) is 105 cm³/mol. The van der Waals surface area contributed by atoms with Crippen LogP contribution >= 0.6 is 0 Å². The Kier molecular flexibility index (Phi) is 6.33. The molecule has 10 heteroatoms. The minimum atomic E-state index is -3.53. The maximum Gasteiger partial charge on any atom is 0.253 e. The number of benzene rings is 1. The SMILES string of the molecule is COc1cncc(OC2CCCN(C(=O)c3ccc(S(=O)(=O)N(C)C)cc3)C2)n1. The highest BCUT2D eigenvalue weighted by molar-refractivity contribution is 7.89. The van der Waals surface area contributed by atoms with E-state index in [1.54, 1.807) is 4.90 Å². The molecule has 156 valence electrons. The quantitative estimate of drug-likeness (QED) is 0.696. The van der Waals surface area contributed by atoms with Crippen LogP contribution in [0.5, 0.6) is 11.8 Å². The van der Waals surface area contributed by atoms with Crippen molar-refractivity contribution in [3.8, 4) is 11.8 Å². The highest BCUT2D eigenvalue weighted by Crippen LogP contribution is 2.20. The van der Waals surface area contributed by atoms with Crippen LogP contribution in [0.1, 0.15) is 23.2 Å². The minimum absolute atomic E-state index is 0.149. The molecule has 1 aliphatic heterocycles. The fraction of sp³-hybridized carbons (Fsp3) is 0.421. The molecular weight excluding hydrogens is 396 g/mol. The van der Waals surface area contributed by atoms with Gasteiger partial charge in [0, 0.05) is 26.2 Å². The van der Waals surface area contributed by atoms with E-state index >= 15 is 0 Å². The Morgan fingerprint density at radius 2 is 1.86 bits per heavy atom. The van der Waals surface area contributed by atoms with Crippen LogP contribution in [0.3, 0.4) is 0 Å². The van der Waals surface area contributed by atoms with E-state index in [1.807, 2.05) is 0 Å². The number of hydrogen-bond donors (Lipinski definition) is 0. The van der Waals surface area contributed by atoms with Crippen LogP contribution in [0, 0.1) is 0 Å². The molecule has 1 aliphatic rings. The Morgan fingerprint density at radius 3 is 2.52 bits per heavy atom. The first-order valence-corrected chi connectivity index (χ1v) is 10.6. The fourth-order valence-electron chi connectivity index (χ4n) is 3.04. The van der Waals surface area contributed by atoms with Gasteiger partial charge >= 0.3 is 0 Å². The fourth-order valence-corrected chi connectivity index (χ4v) is 3.94. The van der Waals surface area contributed by atoms with Crippen LogP contribution in [0.2, 0.25) is 0 Å². The molecule has 0 spiro atoms. The van der Waals surface area contributed by atoms with E-state index < -0.39 is 10.0 Å². The number of likely N-dealkylation sites (tertiary alicyclic amines) is 1. The number of aromatic nitrogens is 2. The number of ether oxygens (including phenoxy) is 2. The Labute approximate surface area is 170 Å². The molecule has 0 saturated carbocycles. The van der Waals surface area contributed by atoms with Gasteiger partial charge < -0.3 is 14.4 Å². The van der Waals surface area contributed by atoms with Crippen LogP contribution < -0.4 is 9.47 Å². The van der Waals surface area contributed by atoms with Gasteiger partial charge in [-0.3, -0.25) is 9.78 Å². The smallest absolute Gasteiger partial charge is 0.253 e. The largest absolute Gasteiger partial charge is 0.480 e. The number of hydrogen-bond acceptors (Lipinski definition) is 7. The average molecular weight is 420 g/mol. The zero-order valence-electron chi connectivity index (χ0n) is 16.6. The summed E-state index contributed by atoms with van der Waals surface area (Å²) >= 11 is 0. The average Bonchev–Trinajstić information content (AvgIpc) is 2.73. The summed E-state index contributed by atoms with van der Waals surface area (Å²) < 4.78 is 36.4. The van der Waals surface area contributed by atoms with Crippen LogP contribution in [0.4, 0.5) is 0 Å². The standard InChI is InChI=1S/C19H24N4O5S/c1-22(2)29(25,26)16-8-6-14(7-9-16)19(24)23-10-4-5-15(13-23)28-18-12-20-11-17(21-18)27-3/h6-9,11-12,15H,4-5,10,13H2,1-3H3. The molecule has 0 N–H and O–H groups in total. The van der Waals surface area contributed by atoms with E-state index in [-0.39, 0.29) is 16.9 Å². The van der Waals surface area contributed by atoms with Gasteiger partial charge in [-0.2, -0.15) is 4.98 Å². The first kappa shape index (κ1) is 21.0. The molecule has 0 bridgehead atoms. The van der Waals surface area contributed by atoms with Gasteiger partial charge in [-0.05, 0) is 37.1 Å². The molecular formula is C19H24N4O5S. The number of piperidine rings is 1. The van der Waals surface area contributed by atoms with Crippen molar-refractivity contribution in [2.75, 3.05) is 34.3 Å². The van der Waals surface area contributed by atoms with E-state index in [0.717, 1.165) is 17.1 Å². The zero-order valence-corrected chi connectivity index (χ0v) is 17.4. The van der Waals surface area contributed by atoms with Gasteiger partial charge in [0.25, 0.3) is 5.91 Å². The number of sulfonamides is 1. The highest BCUT2D eigenvalue weighted by atomic mass is 32.2. The molecule has 2 heterocycles. The summed E-state index contributed by atoms with van der Waals surface area (Å²) in [6.07, 6.45) is 4.38. The van der Waals surface area contributed by atoms with Crippen LogP contribution in [-0.4, -0.2) is 73.9 Å². The number of nitrogens with zero attached hydrogens (tertiary/aromatic N) is 4. The Hall–Kier alpha value is -2.72. The molecule has 1 atom stereocenters. The summed E-state index contributed by atoms with van der Waals surface area (Å²) in [5.41, 5.74) is 0.435. The van der Waals surface area contributed by atoms with Crippen molar-refractivity contribution in [3.63, 3.8) is 0 Å². The third kappa shape index (κ3) is 4.83. The summed E-state index contributed by atoms with van der Waals surface area (Å²) in [5, 5.41) is 0. The second-order valence-electron chi connectivity index (χ2n) is 6.84. The molecule has 1 amide bonds. The molecule has 2 aromatic rings. The minimum Gasteiger partial charge on any atom is -0.480 e. The van der Waals surface area contributed by atoms with E-state index in [9.17, 15) is 13.2 Å². The molecule has 1 saturated heterocycles. The second-order valence-corrected chi connectivity index (χ2v) is 9.00. The first-order valence-electron chi connectivity index (χ1n) is 9.16. The van der Waals surface area contributed by atoms with Crippen molar-refractivity contribution < 1.29 is 22.7 Å². The topological polar surface area (TPSA) is 102 Å². The van der Waals surface area contributed by atoms with Gasteiger partial charge in [0.05, 0.1) is 30.9 Å². The van der Waals surface area contributed by atoms with E-state index in [4.69, 9.17) is 9.47 Å². The number of carbonyl (C=O) groups excluding carboxylic acids is 1. The van der Waals surface area contributed by atoms with Crippen molar-refractivity contribution in [2.24, 2.45) is 0 Å². The number of methoxy groups -OCH3 is 1. The Balaban J connectivity index is 1.67. The second kappa shape index (κ2) is 8.75. The van der Waals surface area contributed by atoms with Crippen molar-refractivity contribution in [1.82, 2.24) is 19.2 Å². The third-order valence-electron chi connectivity index (χ3n) is 4.63.